The predicted molar refractivity (Wildman–Crippen MR) is 69.4 cm³/mol. The van der Waals surface area contributed by atoms with Crippen LogP contribution in [0.15, 0.2) is 30.0 Å². The first-order valence-electron chi connectivity index (χ1n) is 6.29. The van der Waals surface area contributed by atoms with Crippen LogP contribution >= 0.6 is 0 Å². The molecule has 1 aliphatic rings. The van der Waals surface area contributed by atoms with Crippen LogP contribution in [0.1, 0.15) is 19.4 Å². The highest BCUT2D eigenvalue weighted by molar-refractivity contribution is 6.15. The Labute approximate surface area is 127 Å². The lowest BCUT2D eigenvalue weighted by molar-refractivity contribution is -0.222. The van der Waals surface area contributed by atoms with E-state index in [2.05, 4.69) is 5.32 Å². The summed E-state index contributed by atoms with van der Waals surface area (Å²) in [6.45, 7) is 2.68. The number of anilines is 1. The summed E-state index contributed by atoms with van der Waals surface area (Å²) in [5.41, 5.74) is -2.06. The first-order valence-corrected chi connectivity index (χ1v) is 6.29. The Morgan fingerprint density at radius 3 is 2.17 bits per heavy atom. The predicted octanol–water partition coefficient (Wildman–Crippen LogP) is 2.98. The number of carbonyl (C=O) groups excluding carboxylic acids is 2. The van der Waals surface area contributed by atoms with Crippen molar-refractivity contribution in [2.45, 2.75) is 25.8 Å². The van der Waals surface area contributed by atoms with Crippen LogP contribution in [0.5, 0.6) is 0 Å². The molecule has 0 unspecified atom stereocenters. The van der Waals surface area contributed by atoms with Gasteiger partial charge < -0.3 is 14.8 Å². The number of esters is 2. The van der Waals surface area contributed by atoms with Crippen LogP contribution < -0.4 is 5.32 Å². The molecule has 0 spiro atoms. The molecule has 0 aromatic heterocycles. The summed E-state index contributed by atoms with van der Waals surface area (Å²) in [5, 5.41) is 2.25. The molecule has 1 fully saturated rings. The van der Waals surface area contributed by atoms with Crippen molar-refractivity contribution < 1.29 is 36.6 Å². The summed E-state index contributed by atoms with van der Waals surface area (Å²) in [4.78, 5) is 23.3. The molecule has 124 valence electrons. The molecular weight excluding hydrogens is 322 g/mol. The monoisotopic (exact) mass is 333 g/mol. The third-order valence-electron chi connectivity index (χ3n) is 2.73. The highest BCUT2D eigenvalue weighted by Crippen LogP contribution is 2.32. The van der Waals surface area contributed by atoms with Crippen LogP contribution in [0.25, 0.3) is 0 Å². The fourth-order valence-electron chi connectivity index (χ4n) is 1.77. The molecule has 0 radical (unpaired) electrons. The van der Waals surface area contributed by atoms with Crippen molar-refractivity contribution in [3.05, 3.63) is 41.4 Å². The van der Waals surface area contributed by atoms with E-state index in [0.717, 1.165) is 12.3 Å². The number of ether oxygens (including phenoxy) is 2. The maximum absolute atomic E-state index is 13.2. The number of benzene rings is 1. The van der Waals surface area contributed by atoms with E-state index in [-0.39, 0.29) is 5.69 Å². The second kappa shape index (κ2) is 5.56. The summed E-state index contributed by atoms with van der Waals surface area (Å²) in [6, 6.07) is 1.73. The highest BCUT2D eigenvalue weighted by Gasteiger charge is 2.39. The number of halogens is 4. The minimum absolute atomic E-state index is 0.296. The third kappa shape index (κ3) is 3.99. The third-order valence-corrected chi connectivity index (χ3v) is 2.73. The Morgan fingerprint density at radius 2 is 1.65 bits per heavy atom. The molecule has 1 aromatic carbocycles. The van der Waals surface area contributed by atoms with Crippen LogP contribution in [-0.4, -0.2) is 17.7 Å². The van der Waals surface area contributed by atoms with E-state index in [9.17, 15) is 27.2 Å². The van der Waals surface area contributed by atoms with Gasteiger partial charge in [-0.1, -0.05) is 0 Å². The van der Waals surface area contributed by atoms with Crippen molar-refractivity contribution in [3.8, 4) is 0 Å². The lowest BCUT2D eigenvalue weighted by atomic mass is 10.2. The molecule has 23 heavy (non-hydrogen) atoms. The van der Waals surface area contributed by atoms with E-state index in [4.69, 9.17) is 9.47 Å². The van der Waals surface area contributed by atoms with Gasteiger partial charge >= 0.3 is 18.1 Å². The lowest BCUT2D eigenvalue weighted by Gasteiger charge is -2.29. The molecule has 5 nitrogen and oxygen atoms in total. The van der Waals surface area contributed by atoms with Crippen molar-refractivity contribution in [2.24, 2.45) is 0 Å². The zero-order chi connectivity index (χ0) is 17.4. The molecule has 1 aliphatic heterocycles. The summed E-state index contributed by atoms with van der Waals surface area (Å²) >= 11 is 0. The summed E-state index contributed by atoms with van der Waals surface area (Å²) in [5.74, 6) is -4.58. The summed E-state index contributed by atoms with van der Waals surface area (Å²) in [7, 11) is 0. The molecule has 0 aliphatic carbocycles. The fraction of sp³-hybridized carbons (Fsp3) is 0.286. The number of cyclic esters (lactones) is 2. The van der Waals surface area contributed by atoms with Gasteiger partial charge in [0.2, 0.25) is 0 Å². The van der Waals surface area contributed by atoms with Gasteiger partial charge in [0.15, 0.2) is 5.57 Å². The lowest BCUT2D eigenvalue weighted by Crippen LogP contribution is -2.42. The van der Waals surface area contributed by atoms with Gasteiger partial charge in [0.25, 0.3) is 5.79 Å². The zero-order valence-corrected chi connectivity index (χ0v) is 12.0. The first-order chi connectivity index (χ1) is 10.5. The first kappa shape index (κ1) is 16.8. The largest absolute Gasteiger partial charge is 0.419 e. The standard InChI is InChI=1S/C14H11F4NO4/c1-13(2)22-11(20)10(12(21)23-13)6-19-9-4-7(14(16,17)18)3-8(15)5-9/h3-6,19H,1-2H3. The fourth-order valence-corrected chi connectivity index (χ4v) is 1.77. The molecule has 1 aromatic rings. The smallest absolute Gasteiger partial charge is 0.416 e. The van der Waals surface area contributed by atoms with E-state index < -0.39 is 40.9 Å². The highest BCUT2D eigenvalue weighted by atomic mass is 19.4. The van der Waals surface area contributed by atoms with Crippen LogP contribution in [0, 0.1) is 5.82 Å². The summed E-state index contributed by atoms with van der Waals surface area (Å²) in [6.07, 6.45) is -3.94. The van der Waals surface area contributed by atoms with Crippen LogP contribution in [0.3, 0.4) is 0 Å². The number of alkyl halides is 3. The van der Waals surface area contributed by atoms with Gasteiger partial charge in [-0.05, 0) is 18.2 Å². The quantitative estimate of drug-likeness (QED) is 0.390. The minimum atomic E-state index is -4.74. The molecular formula is C14H11F4NO4. The molecule has 1 N–H and O–H groups in total. The van der Waals surface area contributed by atoms with Gasteiger partial charge in [0.05, 0.1) is 5.56 Å². The zero-order valence-electron chi connectivity index (χ0n) is 12.0. The Hall–Kier alpha value is -2.58. The average molecular weight is 333 g/mol. The van der Waals surface area contributed by atoms with Gasteiger partial charge in [-0.15, -0.1) is 0 Å². The van der Waals surface area contributed by atoms with Crippen LogP contribution in [-0.2, 0) is 25.2 Å². The molecule has 0 amide bonds. The van der Waals surface area contributed by atoms with E-state index in [1.165, 1.54) is 13.8 Å². The van der Waals surface area contributed by atoms with Gasteiger partial charge in [0.1, 0.15) is 5.82 Å². The van der Waals surface area contributed by atoms with Gasteiger partial charge in [-0.2, -0.15) is 13.2 Å². The van der Waals surface area contributed by atoms with Crippen LogP contribution in [0.4, 0.5) is 23.2 Å². The van der Waals surface area contributed by atoms with Crippen molar-refractivity contribution in [1.29, 1.82) is 0 Å². The van der Waals surface area contributed by atoms with Crippen molar-refractivity contribution >= 4 is 17.6 Å². The molecule has 9 heteroatoms. The van der Waals surface area contributed by atoms with E-state index in [0.29, 0.717) is 12.1 Å². The molecule has 2 rings (SSSR count). The van der Waals surface area contributed by atoms with Gasteiger partial charge in [-0.3, -0.25) is 0 Å². The SMILES string of the molecule is CC1(C)OC(=O)C(=CNc2cc(F)cc(C(F)(F)F)c2)C(=O)O1. The Bertz CT molecular complexity index is 673. The average Bonchev–Trinajstić information content (AvgIpc) is 2.34. The molecule has 0 atom stereocenters. The number of carbonyl (C=O) groups is 2. The Morgan fingerprint density at radius 1 is 1.09 bits per heavy atom. The van der Waals surface area contributed by atoms with E-state index >= 15 is 0 Å². The second-order valence-electron chi connectivity index (χ2n) is 5.11. The maximum Gasteiger partial charge on any atom is 0.416 e. The van der Waals surface area contributed by atoms with Crippen molar-refractivity contribution in [2.75, 3.05) is 5.32 Å². The maximum atomic E-state index is 13.2. The van der Waals surface area contributed by atoms with Gasteiger partial charge in [0, 0.05) is 25.7 Å². The number of rotatable bonds is 2. The molecule has 0 bridgehead atoms. The topological polar surface area (TPSA) is 64.6 Å². The van der Waals surface area contributed by atoms with E-state index in [1.807, 2.05) is 0 Å². The minimum Gasteiger partial charge on any atom is -0.419 e. The van der Waals surface area contributed by atoms with E-state index in [1.54, 1.807) is 0 Å². The number of nitrogens with one attached hydrogen (secondary N) is 1. The molecule has 0 saturated carbocycles. The second-order valence-corrected chi connectivity index (χ2v) is 5.11. The molecule has 1 saturated heterocycles. The van der Waals surface area contributed by atoms with Gasteiger partial charge in [-0.25, -0.2) is 14.0 Å². The Balaban J connectivity index is 2.25. The normalized spacial score (nSPS) is 17.4. The van der Waals surface area contributed by atoms with Crippen molar-refractivity contribution in [1.82, 2.24) is 0 Å². The van der Waals surface area contributed by atoms with Crippen LogP contribution in [0.2, 0.25) is 0 Å². The van der Waals surface area contributed by atoms with Crippen molar-refractivity contribution in [3.63, 3.8) is 0 Å². The Kier molecular flexibility index (Phi) is 4.06. The number of hydrogen-bond donors (Lipinski definition) is 1. The molecule has 1 heterocycles. The number of hydrogen-bond acceptors (Lipinski definition) is 5. The summed E-state index contributed by atoms with van der Waals surface area (Å²) < 4.78 is 60.6.